The second kappa shape index (κ2) is 7.59. The number of hydrogen-bond donors (Lipinski definition) is 1. The van der Waals surface area contributed by atoms with Crippen LogP contribution in [0.15, 0.2) is 18.2 Å². The Kier molecular flexibility index (Phi) is 5.48. The van der Waals surface area contributed by atoms with Crippen LogP contribution >= 0.6 is 0 Å². The van der Waals surface area contributed by atoms with Crippen molar-refractivity contribution in [2.75, 3.05) is 33.3 Å². The molecule has 0 unspecified atom stereocenters. The van der Waals surface area contributed by atoms with Gasteiger partial charge in [-0.05, 0) is 44.5 Å². The normalized spacial score (nSPS) is 24.7. The van der Waals surface area contributed by atoms with Crippen LogP contribution in [0.2, 0.25) is 0 Å². The molecule has 132 valence electrons. The molecule has 2 aliphatic rings. The number of benzene rings is 1. The van der Waals surface area contributed by atoms with Gasteiger partial charge in [-0.25, -0.2) is 4.39 Å². The molecule has 0 aromatic heterocycles. The van der Waals surface area contributed by atoms with Crippen molar-refractivity contribution < 1.29 is 19.0 Å². The minimum Gasteiger partial charge on any atom is -0.392 e. The lowest BCUT2D eigenvalue weighted by Gasteiger charge is -2.28. The summed E-state index contributed by atoms with van der Waals surface area (Å²) in [4.78, 5) is 17.1. The molecule has 1 N–H and O–H groups in total. The van der Waals surface area contributed by atoms with Crippen LogP contribution in [0.4, 0.5) is 4.39 Å². The minimum atomic E-state index is -0.540. The van der Waals surface area contributed by atoms with E-state index in [9.17, 15) is 9.18 Å². The van der Waals surface area contributed by atoms with Crippen LogP contribution in [0.25, 0.3) is 0 Å². The number of likely N-dealkylation sites (tertiary alicyclic amines) is 2. The Morgan fingerprint density at radius 1 is 1.38 bits per heavy atom. The first-order chi connectivity index (χ1) is 11.6. The summed E-state index contributed by atoms with van der Waals surface area (Å²) in [6.07, 6.45) is 3.27. The van der Waals surface area contributed by atoms with Gasteiger partial charge in [0.1, 0.15) is 5.82 Å². The molecule has 2 atom stereocenters. The highest BCUT2D eigenvalue weighted by molar-refractivity contribution is 5.94. The monoisotopic (exact) mass is 336 g/mol. The molecule has 3 rings (SSSR count). The van der Waals surface area contributed by atoms with E-state index in [1.54, 1.807) is 13.2 Å². The quantitative estimate of drug-likeness (QED) is 0.888. The van der Waals surface area contributed by atoms with Crippen molar-refractivity contribution in [3.05, 3.63) is 35.1 Å². The average molecular weight is 336 g/mol. The lowest BCUT2D eigenvalue weighted by atomic mass is 10.1. The predicted molar refractivity (Wildman–Crippen MR) is 88.2 cm³/mol. The summed E-state index contributed by atoms with van der Waals surface area (Å²) in [5.41, 5.74) is 0.532. The molecule has 0 aliphatic carbocycles. The SMILES string of the molecule is CO[C@H]1C[C@@H](CN2CCCC2)N(C(=O)c2ccc(CO)c(F)c2)C1. The molecule has 5 nitrogen and oxygen atoms in total. The van der Waals surface area contributed by atoms with E-state index in [-0.39, 0.29) is 30.2 Å². The van der Waals surface area contributed by atoms with Gasteiger partial charge in [-0.2, -0.15) is 0 Å². The van der Waals surface area contributed by atoms with Crippen molar-refractivity contribution in [2.45, 2.75) is 38.0 Å². The molecule has 2 fully saturated rings. The van der Waals surface area contributed by atoms with E-state index in [4.69, 9.17) is 9.84 Å². The van der Waals surface area contributed by atoms with Crippen molar-refractivity contribution in [1.29, 1.82) is 0 Å². The fourth-order valence-electron chi connectivity index (χ4n) is 3.70. The molecular weight excluding hydrogens is 311 g/mol. The maximum absolute atomic E-state index is 13.9. The van der Waals surface area contributed by atoms with Gasteiger partial charge < -0.3 is 19.6 Å². The number of aliphatic hydroxyl groups excluding tert-OH is 1. The number of nitrogens with zero attached hydrogens (tertiary/aromatic N) is 2. The van der Waals surface area contributed by atoms with Crippen molar-refractivity contribution in [3.8, 4) is 0 Å². The smallest absolute Gasteiger partial charge is 0.254 e. The molecule has 1 aromatic rings. The van der Waals surface area contributed by atoms with Gasteiger partial charge in [0.25, 0.3) is 5.91 Å². The van der Waals surface area contributed by atoms with Gasteiger partial charge in [0, 0.05) is 37.4 Å². The number of rotatable bonds is 5. The molecule has 6 heteroatoms. The van der Waals surface area contributed by atoms with Gasteiger partial charge in [-0.15, -0.1) is 0 Å². The summed E-state index contributed by atoms with van der Waals surface area (Å²) in [6.45, 7) is 3.18. The Morgan fingerprint density at radius 3 is 2.75 bits per heavy atom. The van der Waals surface area contributed by atoms with Gasteiger partial charge in [0.05, 0.1) is 12.7 Å². The van der Waals surface area contributed by atoms with Crippen LogP contribution in [0.5, 0.6) is 0 Å². The molecule has 0 radical (unpaired) electrons. The third-order valence-electron chi connectivity index (χ3n) is 5.11. The van der Waals surface area contributed by atoms with E-state index in [0.717, 1.165) is 26.1 Å². The Labute approximate surface area is 142 Å². The van der Waals surface area contributed by atoms with Crippen LogP contribution in [-0.2, 0) is 11.3 Å². The molecule has 2 saturated heterocycles. The first kappa shape index (κ1) is 17.3. The maximum atomic E-state index is 13.9. The number of ether oxygens (including phenoxy) is 1. The van der Waals surface area contributed by atoms with Gasteiger partial charge in [0.15, 0.2) is 0 Å². The van der Waals surface area contributed by atoms with E-state index in [2.05, 4.69) is 4.90 Å². The van der Waals surface area contributed by atoms with E-state index in [1.165, 1.54) is 25.0 Å². The number of methoxy groups -OCH3 is 1. The first-order valence-electron chi connectivity index (χ1n) is 8.57. The Bertz CT molecular complexity index is 590. The summed E-state index contributed by atoms with van der Waals surface area (Å²) in [6, 6.07) is 4.38. The predicted octanol–water partition coefficient (Wildman–Crippen LogP) is 1.64. The molecule has 24 heavy (non-hydrogen) atoms. The number of aliphatic hydroxyl groups is 1. The van der Waals surface area contributed by atoms with Gasteiger partial charge in [0.2, 0.25) is 0 Å². The van der Waals surface area contributed by atoms with E-state index in [1.807, 2.05) is 4.90 Å². The summed E-state index contributed by atoms with van der Waals surface area (Å²) in [7, 11) is 1.67. The zero-order valence-corrected chi connectivity index (χ0v) is 14.1. The highest BCUT2D eigenvalue weighted by Gasteiger charge is 2.37. The van der Waals surface area contributed by atoms with E-state index in [0.29, 0.717) is 12.1 Å². The zero-order valence-electron chi connectivity index (χ0n) is 14.1. The summed E-state index contributed by atoms with van der Waals surface area (Å²) >= 11 is 0. The molecule has 0 bridgehead atoms. The average Bonchev–Trinajstić information content (AvgIpc) is 3.24. The lowest BCUT2D eigenvalue weighted by Crippen LogP contribution is -2.42. The number of amides is 1. The molecule has 0 spiro atoms. The molecule has 2 heterocycles. The number of carbonyl (C=O) groups excluding carboxylic acids is 1. The Morgan fingerprint density at radius 2 is 2.12 bits per heavy atom. The molecular formula is C18H25FN2O3. The van der Waals surface area contributed by atoms with Crippen LogP contribution in [0, 0.1) is 5.82 Å². The number of carbonyl (C=O) groups is 1. The largest absolute Gasteiger partial charge is 0.392 e. The second-order valence-electron chi connectivity index (χ2n) is 6.68. The van der Waals surface area contributed by atoms with Crippen LogP contribution in [0.3, 0.4) is 0 Å². The molecule has 1 amide bonds. The van der Waals surface area contributed by atoms with Crippen molar-refractivity contribution in [3.63, 3.8) is 0 Å². The summed E-state index contributed by atoms with van der Waals surface area (Å²) in [5, 5.41) is 9.07. The van der Waals surface area contributed by atoms with E-state index >= 15 is 0 Å². The Hall–Kier alpha value is -1.50. The highest BCUT2D eigenvalue weighted by Crippen LogP contribution is 2.25. The van der Waals surface area contributed by atoms with Crippen molar-refractivity contribution in [1.82, 2.24) is 9.80 Å². The third-order valence-corrected chi connectivity index (χ3v) is 5.11. The van der Waals surface area contributed by atoms with Gasteiger partial charge >= 0.3 is 0 Å². The lowest BCUT2D eigenvalue weighted by molar-refractivity contribution is 0.0669. The highest BCUT2D eigenvalue weighted by atomic mass is 19.1. The van der Waals surface area contributed by atoms with Gasteiger partial charge in [-0.1, -0.05) is 6.07 Å². The summed E-state index contributed by atoms with van der Waals surface area (Å²) in [5.74, 6) is -0.705. The minimum absolute atomic E-state index is 0.0307. The Balaban J connectivity index is 1.76. The molecule has 1 aromatic carbocycles. The zero-order chi connectivity index (χ0) is 17.1. The summed E-state index contributed by atoms with van der Waals surface area (Å²) < 4.78 is 19.4. The van der Waals surface area contributed by atoms with Crippen LogP contribution in [0.1, 0.15) is 35.2 Å². The fraction of sp³-hybridized carbons (Fsp3) is 0.611. The first-order valence-corrected chi connectivity index (χ1v) is 8.57. The maximum Gasteiger partial charge on any atom is 0.254 e. The third kappa shape index (κ3) is 3.61. The van der Waals surface area contributed by atoms with E-state index < -0.39 is 5.82 Å². The van der Waals surface area contributed by atoms with Crippen molar-refractivity contribution >= 4 is 5.91 Å². The van der Waals surface area contributed by atoms with Gasteiger partial charge in [-0.3, -0.25) is 4.79 Å². The van der Waals surface area contributed by atoms with Crippen LogP contribution in [-0.4, -0.2) is 66.2 Å². The topological polar surface area (TPSA) is 53.0 Å². The second-order valence-corrected chi connectivity index (χ2v) is 6.68. The van der Waals surface area contributed by atoms with Crippen molar-refractivity contribution in [2.24, 2.45) is 0 Å². The number of hydrogen-bond acceptors (Lipinski definition) is 4. The fourth-order valence-corrected chi connectivity index (χ4v) is 3.70. The molecule has 2 aliphatic heterocycles. The standard InChI is InChI=1S/C18H25FN2O3/c1-24-16-9-15(10-20-6-2-3-7-20)21(11-16)18(23)13-4-5-14(12-22)17(19)8-13/h4-5,8,15-16,22H,2-3,6-7,9-12H2,1H3/t15-,16-/m0/s1. The van der Waals surface area contributed by atoms with Crippen LogP contribution < -0.4 is 0 Å². The number of halogens is 1. The molecule has 0 saturated carbocycles.